The summed E-state index contributed by atoms with van der Waals surface area (Å²) in [5.74, 6) is 0.518. The van der Waals surface area contributed by atoms with Crippen molar-refractivity contribution in [3.8, 4) is 0 Å². The summed E-state index contributed by atoms with van der Waals surface area (Å²) in [6, 6.07) is 1.81. The Morgan fingerprint density at radius 1 is 1.24 bits per heavy atom. The van der Waals surface area contributed by atoms with Crippen LogP contribution in [0.25, 0.3) is 0 Å². The van der Waals surface area contributed by atoms with Crippen molar-refractivity contribution in [2.45, 2.75) is 58.4 Å². The van der Waals surface area contributed by atoms with Crippen LogP contribution in [0, 0.1) is 26.7 Å². The Morgan fingerprint density at radius 2 is 1.81 bits per heavy atom. The van der Waals surface area contributed by atoms with Gasteiger partial charge in [-0.15, -0.1) is 0 Å². The first-order chi connectivity index (χ1) is 9.66. The largest absolute Gasteiger partial charge is 0.398 e. The van der Waals surface area contributed by atoms with E-state index in [0.29, 0.717) is 28.6 Å². The van der Waals surface area contributed by atoms with Crippen molar-refractivity contribution < 1.29 is 8.42 Å². The maximum absolute atomic E-state index is 13.2. The van der Waals surface area contributed by atoms with E-state index in [2.05, 4.69) is 0 Å². The number of sulfonamides is 1. The lowest BCUT2D eigenvalue weighted by Gasteiger charge is -2.28. The van der Waals surface area contributed by atoms with Gasteiger partial charge in [-0.1, -0.05) is 0 Å². The molecule has 21 heavy (non-hydrogen) atoms. The first-order valence-electron chi connectivity index (χ1n) is 7.54. The lowest BCUT2D eigenvalue weighted by molar-refractivity contribution is 0.341. The molecule has 1 saturated carbocycles. The normalized spacial score (nSPS) is 16.0. The quantitative estimate of drug-likeness (QED) is 0.850. The van der Waals surface area contributed by atoms with Crippen LogP contribution in [-0.2, 0) is 10.0 Å². The molecule has 0 spiro atoms. The van der Waals surface area contributed by atoms with Crippen LogP contribution in [0.15, 0.2) is 11.0 Å². The van der Waals surface area contributed by atoms with Gasteiger partial charge in [0.15, 0.2) is 0 Å². The molecule has 2 rings (SSSR count). The monoisotopic (exact) mass is 310 g/mol. The summed E-state index contributed by atoms with van der Waals surface area (Å²) in [4.78, 5) is 0.398. The highest BCUT2D eigenvalue weighted by molar-refractivity contribution is 7.89. The number of hydrogen-bond donors (Lipinski definition) is 1. The fourth-order valence-electron chi connectivity index (χ4n) is 2.69. The third kappa shape index (κ3) is 3.09. The first kappa shape index (κ1) is 16.3. The predicted octanol–water partition coefficient (Wildman–Crippen LogP) is 3.00. The minimum Gasteiger partial charge on any atom is -0.398 e. The molecule has 0 atom stereocenters. The van der Waals surface area contributed by atoms with Gasteiger partial charge in [0.1, 0.15) is 0 Å². The van der Waals surface area contributed by atoms with E-state index in [-0.39, 0.29) is 6.04 Å². The van der Waals surface area contributed by atoms with E-state index in [0.717, 1.165) is 24.0 Å². The van der Waals surface area contributed by atoms with Gasteiger partial charge < -0.3 is 5.73 Å². The molecular formula is C16H26N2O2S. The van der Waals surface area contributed by atoms with Crippen molar-refractivity contribution >= 4 is 15.7 Å². The molecule has 118 valence electrons. The first-order valence-corrected chi connectivity index (χ1v) is 8.98. The van der Waals surface area contributed by atoms with Crippen molar-refractivity contribution in [1.29, 1.82) is 0 Å². The molecule has 0 saturated heterocycles. The summed E-state index contributed by atoms with van der Waals surface area (Å²) >= 11 is 0. The van der Waals surface area contributed by atoms with Crippen LogP contribution in [0.2, 0.25) is 0 Å². The molecule has 0 unspecified atom stereocenters. The molecule has 0 radical (unpaired) electrons. The number of anilines is 1. The predicted molar refractivity (Wildman–Crippen MR) is 86.8 cm³/mol. The lowest BCUT2D eigenvalue weighted by Crippen LogP contribution is -2.39. The number of aryl methyl sites for hydroxylation is 1. The Bertz CT molecular complexity index is 620. The summed E-state index contributed by atoms with van der Waals surface area (Å²) in [6.45, 7) is 10.1. The molecule has 1 aliphatic carbocycles. The molecule has 0 aliphatic heterocycles. The van der Waals surface area contributed by atoms with Crippen molar-refractivity contribution in [2.75, 3.05) is 12.3 Å². The fraction of sp³-hybridized carbons (Fsp3) is 0.625. The molecule has 2 N–H and O–H groups in total. The van der Waals surface area contributed by atoms with Gasteiger partial charge in [0.05, 0.1) is 4.90 Å². The highest BCUT2D eigenvalue weighted by Crippen LogP contribution is 2.35. The van der Waals surface area contributed by atoms with Gasteiger partial charge in [-0.25, -0.2) is 8.42 Å². The molecule has 1 aromatic rings. The highest BCUT2D eigenvalue weighted by atomic mass is 32.2. The summed E-state index contributed by atoms with van der Waals surface area (Å²) in [7, 11) is -3.51. The molecule has 0 amide bonds. The zero-order valence-electron chi connectivity index (χ0n) is 13.6. The topological polar surface area (TPSA) is 63.4 Å². The Kier molecular flexibility index (Phi) is 4.36. The van der Waals surface area contributed by atoms with Gasteiger partial charge in [0, 0.05) is 18.3 Å². The number of rotatable bonds is 5. The van der Waals surface area contributed by atoms with Crippen LogP contribution in [0.5, 0.6) is 0 Å². The Morgan fingerprint density at radius 3 is 2.29 bits per heavy atom. The van der Waals surface area contributed by atoms with E-state index in [1.165, 1.54) is 0 Å². The van der Waals surface area contributed by atoms with E-state index >= 15 is 0 Å². The van der Waals surface area contributed by atoms with E-state index in [4.69, 9.17) is 5.73 Å². The molecule has 0 heterocycles. The zero-order valence-corrected chi connectivity index (χ0v) is 14.4. The Hall–Kier alpha value is -1.07. The van der Waals surface area contributed by atoms with Crippen LogP contribution in [-0.4, -0.2) is 25.3 Å². The maximum atomic E-state index is 13.2. The van der Waals surface area contributed by atoms with Gasteiger partial charge in [-0.2, -0.15) is 4.31 Å². The van der Waals surface area contributed by atoms with Gasteiger partial charge in [0.2, 0.25) is 10.0 Å². The summed E-state index contributed by atoms with van der Waals surface area (Å²) < 4.78 is 27.9. The smallest absolute Gasteiger partial charge is 0.243 e. The second-order valence-corrected chi connectivity index (χ2v) is 8.30. The number of nitrogens with two attached hydrogens (primary N) is 1. The van der Waals surface area contributed by atoms with E-state index in [1.54, 1.807) is 11.2 Å². The van der Waals surface area contributed by atoms with E-state index in [9.17, 15) is 8.42 Å². The molecule has 1 fully saturated rings. The number of hydrogen-bond acceptors (Lipinski definition) is 3. The SMILES string of the molecule is Cc1cc(N)c(C)c(S(=O)(=O)N(CC2CC2)C(C)C)c1C. The fourth-order valence-corrected chi connectivity index (χ4v) is 4.94. The standard InChI is InChI=1S/C16H26N2O2S/c1-10(2)18(9-14-6-7-14)21(19,20)16-12(4)11(3)8-15(17)13(16)5/h8,10,14H,6-7,9,17H2,1-5H3. The van der Waals surface area contributed by atoms with Crippen molar-refractivity contribution in [3.05, 3.63) is 22.8 Å². The number of benzene rings is 1. The van der Waals surface area contributed by atoms with Gasteiger partial charge in [-0.05, 0) is 76.1 Å². The van der Waals surface area contributed by atoms with Crippen molar-refractivity contribution in [2.24, 2.45) is 5.92 Å². The molecule has 4 nitrogen and oxygen atoms in total. The molecule has 0 bridgehead atoms. The average molecular weight is 310 g/mol. The average Bonchev–Trinajstić information content (AvgIpc) is 3.17. The van der Waals surface area contributed by atoms with Crippen LogP contribution < -0.4 is 5.73 Å². The minimum absolute atomic E-state index is 0.0452. The van der Waals surface area contributed by atoms with Crippen molar-refractivity contribution in [3.63, 3.8) is 0 Å². The van der Waals surface area contributed by atoms with Crippen LogP contribution >= 0.6 is 0 Å². The zero-order chi connectivity index (χ0) is 15.9. The molecule has 1 aliphatic rings. The maximum Gasteiger partial charge on any atom is 0.243 e. The molecule has 0 aromatic heterocycles. The molecular weight excluding hydrogens is 284 g/mol. The van der Waals surface area contributed by atoms with Gasteiger partial charge >= 0.3 is 0 Å². The molecule has 1 aromatic carbocycles. The summed E-state index contributed by atoms with van der Waals surface area (Å²) in [5.41, 5.74) is 8.94. The van der Waals surface area contributed by atoms with Crippen molar-refractivity contribution in [1.82, 2.24) is 4.31 Å². The van der Waals surface area contributed by atoms with E-state index < -0.39 is 10.0 Å². The van der Waals surface area contributed by atoms with Crippen LogP contribution in [0.1, 0.15) is 43.4 Å². The number of nitrogens with zero attached hydrogens (tertiary/aromatic N) is 1. The Balaban J connectivity index is 2.56. The lowest BCUT2D eigenvalue weighted by atomic mass is 10.1. The minimum atomic E-state index is -3.51. The summed E-state index contributed by atoms with van der Waals surface area (Å²) in [6.07, 6.45) is 2.26. The van der Waals surface area contributed by atoms with Gasteiger partial charge in [0.25, 0.3) is 0 Å². The van der Waals surface area contributed by atoms with Crippen LogP contribution in [0.4, 0.5) is 5.69 Å². The van der Waals surface area contributed by atoms with Gasteiger partial charge in [-0.3, -0.25) is 0 Å². The number of nitrogen functional groups attached to an aromatic ring is 1. The summed E-state index contributed by atoms with van der Waals surface area (Å²) in [5, 5.41) is 0. The Labute approximate surface area is 128 Å². The third-order valence-corrected chi connectivity index (χ3v) is 6.67. The van der Waals surface area contributed by atoms with E-state index in [1.807, 2.05) is 33.8 Å². The highest BCUT2D eigenvalue weighted by Gasteiger charge is 2.35. The second kappa shape index (κ2) is 5.61. The molecule has 5 heteroatoms. The second-order valence-electron chi connectivity index (χ2n) is 6.47. The van der Waals surface area contributed by atoms with Crippen LogP contribution in [0.3, 0.4) is 0 Å². The third-order valence-electron chi connectivity index (χ3n) is 4.36.